The number of phenolic OH excluding ortho intramolecular Hbond substituents is 1. The summed E-state index contributed by atoms with van der Waals surface area (Å²) in [4.78, 5) is 11.5. The van der Waals surface area contributed by atoms with Gasteiger partial charge in [-0.25, -0.2) is 0 Å². The predicted octanol–water partition coefficient (Wildman–Crippen LogP) is 0.907. The fourth-order valence-electron chi connectivity index (χ4n) is 3.66. The van der Waals surface area contributed by atoms with Crippen LogP contribution in [0.25, 0.3) is 0 Å². The number of aliphatic hydroxyl groups excluding tert-OH is 1. The molecule has 0 saturated carbocycles. The van der Waals surface area contributed by atoms with Gasteiger partial charge >= 0.3 is 5.97 Å². The Morgan fingerprint density at radius 2 is 2.19 bits per heavy atom. The minimum atomic E-state index is -1.10. The molecule has 0 aromatic heterocycles. The van der Waals surface area contributed by atoms with E-state index in [-0.39, 0.29) is 24.2 Å². The molecule has 6 nitrogen and oxygen atoms in total. The first kappa shape index (κ1) is 12.9. The zero-order chi connectivity index (χ0) is 14.8. The maximum absolute atomic E-state index is 11.5. The molecule has 3 aliphatic rings. The minimum absolute atomic E-state index is 0.0310. The van der Waals surface area contributed by atoms with E-state index in [1.165, 1.54) is 6.07 Å². The molecule has 112 valence electrons. The smallest absolute Gasteiger partial charge is 0.306 e. The van der Waals surface area contributed by atoms with E-state index in [1.807, 2.05) is 6.92 Å². The van der Waals surface area contributed by atoms with E-state index in [4.69, 9.17) is 14.2 Å². The number of esters is 1. The normalized spacial score (nSPS) is 40.6. The maximum Gasteiger partial charge on any atom is 0.306 e. The number of aromatic hydroxyl groups is 1. The molecular formula is C15H16O6. The highest BCUT2D eigenvalue weighted by Gasteiger charge is 2.64. The first-order valence-corrected chi connectivity index (χ1v) is 7.03. The fourth-order valence-corrected chi connectivity index (χ4v) is 3.66. The number of carbonyl (C=O) groups is 1. The number of ether oxygens (including phenoxy) is 3. The zero-order valence-corrected chi connectivity index (χ0v) is 11.5. The average Bonchev–Trinajstić information content (AvgIpc) is 2.86. The van der Waals surface area contributed by atoms with Gasteiger partial charge in [0, 0.05) is 5.92 Å². The molecule has 4 rings (SSSR count). The predicted molar refractivity (Wildman–Crippen MR) is 69.8 cm³/mol. The van der Waals surface area contributed by atoms with E-state index in [2.05, 4.69) is 0 Å². The Labute approximate surface area is 121 Å². The van der Waals surface area contributed by atoms with E-state index in [0.717, 1.165) is 0 Å². The summed E-state index contributed by atoms with van der Waals surface area (Å²) in [6.45, 7) is 2.01. The first-order valence-electron chi connectivity index (χ1n) is 7.03. The van der Waals surface area contributed by atoms with Crippen molar-refractivity contribution in [2.75, 3.05) is 6.61 Å². The van der Waals surface area contributed by atoms with Crippen molar-refractivity contribution in [2.24, 2.45) is 5.92 Å². The summed E-state index contributed by atoms with van der Waals surface area (Å²) in [5, 5.41) is 20.6. The maximum atomic E-state index is 11.5. The number of phenols is 1. The molecule has 21 heavy (non-hydrogen) atoms. The van der Waals surface area contributed by atoms with Crippen LogP contribution in [-0.4, -0.2) is 40.6 Å². The third-order valence-electron chi connectivity index (χ3n) is 4.65. The quantitative estimate of drug-likeness (QED) is 0.748. The van der Waals surface area contributed by atoms with Gasteiger partial charge in [0.05, 0.1) is 18.6 Å². The van der Waals surface area contributed by atoms with Crippen LogP contribution in [0.4, 0.5) is 0 Å². The van der Waals surface area contributed by atoms with E-state index in [1.54, 1.807) is 12.1 Å². The Hall–Kier alpha value is -1.79. The Bertz CT molecular complexity index is 614. The molecular weight excluding hydrogens is 276 g/mol. The lowest BCUT2D eigenvalue weighted by Crippen LogP contribution is -2.59. The SMILES string of the molecule is C[C@H]1CC(=O)O[C@@H]1[C@]12CO[C@H](c3c(O)cccc3O1)[C@H]2O. The molecule has 0 spiro atoms. The molecule has 2 bridgehead atoms. The number of aliphatic hydroxyl groups is 1. The van der Waals surface area contributed by atoms with Crippen molar-refractivity contribution in [1.29, 1.82) is 0 Å². The lowest BCUT2D eigenvalue weighted by atomic mass is 9.80. The van der Waals surface area contributed by atoms with Crippen LogP contribution in [0.3, 0.4) is 0 Å². The second-order valence-corrected chi connectivity index (χ2v) is 6.01. The number of carbonyl (C=O) groups excluding carboxylic acids is 1. The molecule has 2 N–H and O–H groups in total. The number of hydrogen-bond acceptors (Lipinski definition) is 6. The largest absolute Gasteiger partial charge is 0.507 e. The van der Waals surface area contributed by atoms with Crippen molar-refractivity contribution in [3.63, 3.8) is 0 Å². The van der Waals surface area contributed by atoms with Crippen molar-refractivity contribution < 1.29 is 29.2 Å². The van der Waals surface area contributed by atoms with E-state index < -0.39 is 23.9 Å². The second kappa shape index (κ2) is 4.11. The third-order valence-corrected chi connectivity index (χ3v) is 4.65. The van der Waals surface area contributed by atoms with Gasteiger partial charge in [0.2, 0.25) is 0 Å². The summed E-state index contributed by atoms with van der Waals surface area (Å²) in [5.41, 5.74) is -0.646. The zero-order valence-electron chi connectivity index (χ0n) is 11.5. The fraction of sp³-hybridized carbons (Fsp3) is 0.533. The van der Waals surface area contributed by atoms with Crippen molar-refractivity contribution in [2.45, 2.75) is 37.3 Å². The molecule has 2 saturated heterocycles. The molecule has 6 heteroatoms. The van der Waals surface area contributed by atoms with Crippen LogP contribution in [0.1, 0.15) is 25.0 Å². The van der Waals surface area contributed by atoms with Gasteiger partial charge in [-0.05, 0) is 12.1 Å². The highest BCUT2D eigenvalue weighted by molar-refractivity contribution is 5.72. The summed E-state index contributed by atoms with van der Waals surface area (Å²) >= 11 is 0. The number of hydrogen-bond donors (Lipinski definition) is 2. The minimum Gasteiger partial charge on any atom is -0.507 e. The van der Waals surface area contributed by atoms with Gasteiger partial charge in [-0.2, -0.15) is 0 Å². The highest BCUT2D eigenvalue weighted by atomic mass is 16.6. The number of fused-ring (bicyclic) bond motifs is 4. The molecule has 0 aliphatic carbocycles. The summed E-state index contributed by atoms with van der Waals surface area (Å²) in [6, 6.07) is 4.92. The summed E-state index contributed by atoms with van der Waals surface area (Å²) < 4.78 is 17.0. The van der Waals surface area contributed by atoms with E-state index >= 15 is 0 Å². The van der Waals surface area contributed by atoms with Crippen molar-refractivity contribution in [1.82, 2.24) is 0 Å². The summed E-state index contributed by atoms with van der Waals surface area (Å²) in [5.74, 6) is 0.151. The topological polar surface area (TPSA) is 85.2 Å². The van der Waals surface area contributed by atoms with Crippen LogP contribution in [0.5, 0.6) is 11.5 Å². The lowest BCUT2D eigenvalue weighted by Gasteiger charge is -2.41. The monoisotopic (exact) mass is 292 g/mol. The molecule has 2 fully saturated rings. The van der Waals surface area contributed by atoms with Gasteiger partial charge in [0.15, 0.2) is 5.60 Å². The number of cyclic esters (lactones) is 1. The lowest BCUT2D eigenvalue weighted by molar-refractivity contribution is -0.161. The van der Waals surface area contributed by atoms with Crippen LogP contribution in [0.15, 0.2) is 18.2 Å². The van der Waals surface area contributed by atoms with E-state index in [0.29, 0.717) is 17.7 Å². The molecule has 0 radical (unpaired) electrons. The molecule has 3 heterocycles. The Kier molecular flexibility index (Phi) is 2.53. The third kappa shape index (κ3) is 1.57. The second-order valence-electron chi connectivity index (χ2n) is 6.01. The van der Waals surface area contributed by atoms with Gasteiger partial charge in [-0.15, -0.1) is 0 Å². The van der Waals surface area contributed by atoms with Crippen molar-refractivity contribution >= 4 is 5.97 Å². The van der Waals surface area contributed by atoms with Gasteiger partial charge in [0.1, 0.15) is 29.8 Å². The molecule has 0 amide bonds. The number of rotatable bonds is 1. The molecule has 3 aliphatic heterocycles. The van der Waals surface area contributed by atoms with Crippen molar-refractivity contribution in [3.8, 4) is 11.5 Å². The molecule has 1 aromatic carbocycles. The average molecular weight is 292 g/mol. The van der Waals surface area contributed by atoms with Crippen LogP contribution in [-0.2, 0) is 14.3 Å². The van der Waals surface area contributed by atoms with Gasteiger partial charge in [-0.1, -0.05) is 13.0 Å². The van der Waals surface area contributed by atoms with Crippen LogP contribution >= 0.6 is 0 Å². The standard InChI is InChI=1S/C15H16O6/c1-7-5-10(17)20-14(7)15-6-19-12(13(15)18)11-8(16)3-2-4-9(11)21-15/h2-4,7,12-14,16,18H,5-6H2,1H3/t7-,12+,13+,14-,15+/m0/s1. The Morgan fingerprint density at radius 1 is 1.38 bits per heavy atom. The summed E-state index contributed by atoms with van der Waals surface area (Å²) in [6.07, 6.45) is -1.90. The van der Waals surface area contributed by atoms with Crippen LogP contribution in [0, 0.1) is 5.92 Å². The Balaban J connectivity index is 1.80. The van der Waals surface area contributed by atoms with Gasteiger partial charge in [-0.3, -0.25) is 4.79 Å². The van der Waals surface area contributed by atoms with Gasteiger partial charge in [0.25, 0.3) is 0 Å². The first-order chi connectivity index (χ1) is 10.0. The highest BCUT2D eigenvalue weighted by Crippen LogP contribution is 2.53. The van der Waals surface area contributed by atoms with Gasteiger partial charge < -0.3 is 24.4 Å². The van der Waals surface area contributed by atoms with Crippen LogP contribution in [0.2, 0.25) is 0 Å². The molecule has 5 atom stereocenters. The molecule has 0 unspecified atom stereocenters. The van der Waals surface area contributed by atoms with E-state index in [9.17, 15) is 15.0 Å². The Morgan fingerprint density at radius 3 is 2.90 bits per heavy atom. The van der Waals surface area contributed by atoms with Crippen molar-refractivity contribution in [3.05, 3.63) is 23.8 Å². The summed E-state index contributed by atoms with van der Waals surface area (Å²) in [7, 11) is 0. The number of benzene rings is 1. The van der Waals surface area contributed by atoms with Crippen LogP contribution < -0.4 is 4.74 Å². The molecule has 1 aromatic rings.